The Balaban J connectivity index is 1.30. The van der Waals surface area contributed by atoms with E-state index in [4.69, 9.17) is 0 Å². The van der Waals surface area contributed by atoms with Crippen LogP contribution in [0, 0.1) is 6.92 Å². The number of carbonyl (C=O) groups is 1. The fourth-order valence-electron chi connectivity index (χ4n) is 3.41. The molecule has 0 radical (unpaired) electrons. The van der Waals surface area contributed by atoms with Crippen LogP contribution >= 0.6 is 11.3 Å². The maximum absolute atomic E-state index is 12.5. The number of nitrogens with zero attached hydrogens (tertiary/aromatic N) is 5. The summed E-state index contributed by atoms with van der Waals surface area (Å²) in [6.07, 6.45) is 2.73. The second-order valence-corrected chi connectivity index (χ2v) is 7.78. The third-order valence-corrected chi connectivity index (χ3v) is 5.95. The van der Waals surface area contributed by atoms with Gasteiger partial charge in [0, 0.05) is 41.2 Å². The second kappa shape index (κ2) is 6.72. The molecule has 4 heterocycles. The van der Waals surface area contributed by atoms with Crippen LogP contribution in [-0.2, 0) is 13.0 Å². The second-order valence-electron chi connectivity index (χ2n) is 6.78. The van der Waals surface area contributed by atoms with Crippen LogP contribution in [0.15, 0.2) is 48.0 Å². The molecule has 0 saturated carbocycles. The van der Waals surface area contributed by atoms with Gasteiger partial charge in [-0.25, -0.2) is 9.50 Å². The highest BCUT2D eigenvalue weighted by Crippen LogP contribution is 2.28. The number of aryl methyl sites for hydroxylation is 1. The zero-order valence-electron chi connectivity index (χ0n) is 15.3. The van der Waals surface area contributed by atoms with E-state index in [1.807, 2.05) is 48.6 Å². The molecule has 7 nitrogen and oxygen atoms in total. The summed E-state index contributed by atoms with van der Waals surface area (Å²) in [7, 11) is 0. The first kappa shape index (κ1) is 16.9. The minimum atomic E-state index is -0.349. The molecule has 0 bridgehead atoms. The van der Waals surface area contributed by atoms with Gasteiger partial charge < -0.3 is 10.2 Å². The lowest BCUT2D eigenvalue weighted by Crippen LogP contribution is -2.29. The largest absolute Gasteiger partial charge is 0.367 e. The average Bonchev–Trinajstić information content (AvgIpc) is 3.35. The van der Waals surface area contributed by atoms with Crippen molar-refractivity contribution in [1.29, 1.82) is 0 Å². The van der Waals surface area contributed by atoms with Crippen LogP contribution in [0.4, 0.5) is 11.4 Å². The number of hydrogen-bond acceptors (Lipinski definition) is 6. The molecule has 4 aromatic rings. The third-order valence-electron chi connectivity index (χ3n) is 4.93. The quantitative estimate of drug-likeness (QED) is 0.581. The first-order valence-corrected chi connectivity index (χ1v) is 9.95. The summed E-state index contributed by atoms with van der Waals surface area (Å²) in [6.45, 7) is 3.84. The van der Waals surface area contributed by atoms with Gasteiger partial charge in [-0.05, 0) is 60.7 Å². The molecule has 0 spiro atoms. The number of benzene rings is 1. The Morgan fingerprint density at radius 3 is 2.86 bits per heavy atom. The Bertz CT molecular complexity index is 1160. The van der Waals surface area contributed by atoms with E-state index in [1.54, 1.807) is 10.7 Å². The monoisotopic (exact) mass is 390 g/mol. The standard InChI is InChI=1S/C20H18N6OS/c1-13-6-9-21-20-23-18(24-26(13)20)19(27)22-15-2-4-16(5-3-15)25-10-7-17-14(12-25)8-11-28-17/h2-6,8-9,11H,7,10,12H2,1H3,(H,22,27). The molecule has 3 aromatic heterocycles. The van der Waals surface area contributed by atoms with E-state index in [9.17, 15) is 4.79 Å². The van der Waals surface area contributed by atoms with Crippen LogP contribution in [-0.4, -0.2) is 32.0 Å². The van der Waals surface area contributed by atoms with Crippen LogP contribution in [0.3, 0.4) is 0 Å². The van der Waals surface area contributed by atoms with Crippen LogP contribution in [0.2, 0.25) is 0 Å². The molecule has 1 amide bonds. The van der Waals surface area contributed by atoms with Crippen LogP contribution < -0.4 is 10.2 Å². The Morgan fingerprint density at radius 2 is 2.04 bits per heavy atom. The van der Waals surface area contributed by atoms with Gasteiger partial charge in [-0.1, -0.05) is 0 Å². The molecule has 1 aromatic carbocycles. The lowest BCUT2D eigenvalue weighted by molar-refractivity contribution is 0.101. The van der Waals surface area contributed by atoms with E-state index < -0.39 is 0 Å². The number of anilines is 2. The maximum Gasteiger partial charge on any atom is 0.295 e. The fraction of sp³-hybridized carbons (Fsp3) is 0.200. The molecule has 0 saturated heterocycles. The molecule has 5 rings (SSSR count). The highest BCUT2D eigenvalue weighted by Gasteiger charge is 2.18. The van der Waals surface area contributed by atoms with Crippen molar-refractivity contribution < 1.29 is 4.79 Å². The van der Waals surface area contributed by atoms with Crippen molar-refractivity contribution in [3.05, 3.63) is 69.9 Å². The van der Waals surface area contributed by atoms with Gasteiger partial charge in [-0.15, -0.1) is 16.4 Å². The molecule has 1 N–H and O–H groups in total. The molecule has 0 atom stereocenters. The summed E-state index contributed by atoms with van der Waals surface area (Å²) in [6, 6.07) is 11.9. The molecule has 0 unspecified atom stereocenters. The van der Waals surface area contributed by atoms with Crippen molar-refractivity contribution in [2.24, 2.45) is 0 Å². The number of rotatable bonds is 3. The van der Waals surface area contributed by atoms with E-state index in [0.29, 0.717) is 11.5 Å². The van der Waals surface area contributed by atoms with Gasteiger partial charge in [-0.3, -0.25) is 4.79 Å². The molecule has 0 aliphatic carbocycles. The highest BCUT2D eigenvalue weighted by molar-refractivity contribution is 7.10. The summed E-state index contributed by atoms with van der Waals surface area (Å²) in [5.74, 6) is 0.170. The molecule has 1 aliphatic rings. The fourth-order valence-corrected chi connectivity index (χ4v) is 4.30. The van der Waals surface area contributed by atoms with Gasteiger partial charge >= 0.3 is 0 Å². The Kier molecular flexibility index (Phi) is 4.05. The van der Waals surface area contributed by atoms with Crippen molar-refractivity contribution in [1.82, 2.24) is 19.6 Å². The van der Waals surface area contributed by atoms with Gasteiger partial charge in [0.05, 0.1) is 0 Å². The predicted octanol–water partition coefficient (Wildman–Crippen LogP) is 3.31. The van der Waals surface area contributed by atoms with Crippen molar-refractivity contribution in [2.75, 3.05) is 16.8 Å². The van der Waals surface area contributed by atoms with Crippen molar-refractivity contribution in [3.8, 4) is 0 Å². The number of aromatic nitrogens is 4. The zero-order valence-corrected chi connectivity index (χ0v) is 16.1. The maximum atomic E-state index is 12.5. The summed E-state index contributed by atoms with van der Waals surface area (Å²) in [5.41, 5.74) is 4.15. The number of amides is 1. The summed E-state index contributed by atoms with van der Waals surface area (Å²) >= 11 is 1.84. The number of fused-ring (bicyclic) bond motifs is 2. The van der Waals surface area contributed by atoms with Crippen molar-refractivity contribution in [3.63, 3.8) is 0 Å². The molecular weight excluding hydrogens is 372 g/mol. The van der Waals surface area contributed by atoms with E-state index >= 15 is 0 Å². The SMILES string of the molecule is Cc1ccnc2nc(C(=O)Nc3ccc(N4CCc5sccc5C4)cc3)nn12. The molecule has 140 valence electrons. The Morgan fingerprint density at radius 1 is 1.18 bits per heavy atom. The minimum Gasteiger partial charge on any atom is -0.367 e. The van der Waals surface area contributed by atoms with Gasteiger partial charge in [0.1, 0.15) is 0 Å². The minimum absolute atomic E-state index is 0.104. The van der Waals surface area contributed by atoms with Crippen molar-refractivity contribution >= 4 is 34.4 Å². The predicted molar refractivity (Wildman–Crippen MR) is 109 cm³/mol. The third kappa shape index (κ3) is 3.01. The number of hydrogen-bond donors (Lipinski definition) is 1. The van der Waals surface area contributed by atoms with Crippen LogP contribution in [0.5, 0.6) is 0 Å². The molecule has 1 aliphatic heterocycles. The lowest BCUT2D eigenvalue weighted by atomic mass is 10.1. The van der Waals surface area contributed by atoms with Gasteiger partial charge in [0.2, 0.25) is 5.82 Å². The zero-order chi connectivity index (χ0) is 19.1. The first-order chi connectivity index (χ1) is 13.7. The van der Waals surface area contributed by atoms with Crippen LogP contribution in [0.1, 0.15) is 26.8 Å². The summed E-state index contributed by atoms with van der Waals surface area (Å²) in [4.78, 5) is 24.7. The topological polar surface area (TPSA) is 75.4 Å². The lowest BCUT2D eigenvalue weighted by Gasteiger charge is -2.29. The van der Waals surface area contributed by atoms with E-state index in [-0.39, 0.29) is 11.7 Å². The van der Waals surface area contributed by atoms with E-state index in [0.717, 1.165) is 30.9 Å². The van der Waals surface area contributed by atoms with Crippen LogP contribution in [0.25, 0.3) is 5.78 Å². The van der Waals surface area contributed by atoms with E-state index in [2.05, 4.69) is 36.7 Å². The Hall–Kier alpha value is -3.26. The average molecular weight is 390 g/mol. The number of carbonyl (C=O) groups excluding carboxylic acids is 1. The van der Waals surface area contributed by atoms with Gasteiger partial charge in [0.25, 0.3) is 11.7 Å². The van der Waals surface area contributed by atoms with Gasteiger partial charge in [-0.2, -0.15) is 4.98 Å². The smallest absolute Gasteiger partial charge is 0.295 e. The highest BCUT2D eigenvalue weighted by atomic mass is 32.1. The Labute approximate surface area is 165 Å². The number of nitrogens with one attached hydrogen (secondary N) is 1. The molecular formula is C20H18N6OS. The van der Waals surface area contributed by atoms with Crippen molar-refractivity contribution in [2.45, 2.75) is 19.9 Å². The normalized spacial score (nSPS) is 13.5. The summed E-state index contributed by atoms with van der Waals surface area (Å²) in [5, 5.41) is 9.26. The molecule has 8 heteroatoms. The van der Waals surface area contributed by atoms with Gasteiger partial charge in [0.15, 0.2) is 0 Å². The number of thiophene rings is 1. The molecule has 28 heavy (non-hydrogen) atoms. The van der Waals surface area contributed by atoms with E-state index in [1.165, 1.54) is 10.4 Å². The first-order valence-electron chi connectivity index (χ1n) is 9.07. The molecule has 0 fully saturated rings. The summed E-state index contributed by atoms with van der Waals surface area (Å²) < 4.78 is 1.56.